The first-order chi connectivity index (χ1) is 6.93. The fourth-order valence-corrected chi connectivity index (χ4v) is 1.36. The Labute approximate surface area is 79.2 Å². The molecule has 0 bridgehead atoms. The number of fused-ring (bicyclic) bond motifs is 1. The molecule has 0 amide bonds. The zero-order valence-electron chi connectivity index (χ0n) is 7.23. The van der Waals surface area contributed by atoms with E-state index >= 15 is 0 Å². The Morgan fingerprint density at radius 3 is 3.07 bits per heavy atom. The van der Waals surface area contributed by atoms with Crippen molar-refractivity contribution in [2.45, 2.75) is 0 Å². The van der Waals surface area contributed by atoms with Crippen molar-refractivity contribution in [1.29, 1.82) is 0 Å². The maximum atomic E-state index is 4.41. The molecular formula is C9H7N5. The minimum absolute atomic E-state index is 0.799. The van der Waals surface area contributed by atoms with Gasteiger partial charge in [-0.3, -0.25) is 5.10 Å². The van der Waals surface area contributed by atoms with Crippen molar-refractivity contribution in [2.24, 2.45) is 0 Å². The molecule has 3 heterocycles. The Bertz CT molecular complexity index is 551. The monoisotopic (exact) mass is 185 g/mol. The molecule has 0 unspecified atom stereocenters. The summed E-state index contributed by atoms with van der Waals surface area (Å²) < 4.78 is 0. The van der Waals surface area contributed by atoms with Gasteiger partial charge in [0.1, 0.15) is 11.2 Å². The van der Waals surface area contributed by atoms with Gasteiger partial charge >= 0.3 is 0 Å². The fourth-order valence-electron chi connectivity index (χ4n) is 1.36. The molecule has 0 saturated carbocycles. The maximum Gasteiger partial charge on any atom is 0.156 e. The Morgan fingerprint density at radius 1 is 1.21 bits per heavy atom. The van der Waals surface area contributed by atoms with Gasteiger partial charge in [-0.05, 0) is 12.1 Å². The highest BCUT2D eigenvalue weighted by Gasteiger charge is 2.03. The van der Waals surface area contributed by atoms with Gasteiger partial charge in [0.2, 0.25) is 0 Å². The lowest BCUT2D eigenvalue weighted by Gasteiger charge is -1.95. The van der Waals surface area contributed by atoms with Crippen LogP contribution >= 0.6 is 0 Å². The first-order valence-corrected chi connectivity index (χ1v) is 4.23. The third-order valence-electron chi connectivity index (χ3n) is 2.04. The van der Waals surface area contributed by atoms with Crippen LogP contribution in [0.1, 0.15) is 0 Å². The number of aromatic amines is 2. The lowest BCUT2D eigenvalue weighted by molar-refractivity contribution is 1.08. The molecule has 0 aliphatic heterocycles. The SMILES string of the molecule is c1cc(-c2cnc3[nH]ccc3n2)[nH]n1. The molecule has 0 aliphatic rings. The van der Waals surface area contributed by atoms with E-state index in [4.69, 9.17) is 0 Å². The molecule has 0 aromatic carbocycles. The first kappa shape index (κ1) is 7.25. The predicted octanol–water partition coefficient (Wildman–Crippen LogP) is 1.35. The van der Waals surface area contributed by atoms with Crippen molar-refractivity contribution in [2.75, 3.05) is 0 Å². The number of nitrogens with zero attached hydrogens (tertiary/aromatic N) is 3. The summed E-state index contributed by atoms with van der Waals surface area (Å²) in [5, 5.41) is 6.71. The third-order valence-corrected chi connectivity index (χ3v) is 2.04. The molecule has 3 aromatic rings. The van der Waals surface area contributed by atoms with Crippen LogP contribution in [0.4, 0.5) is 0 Å². The van der Waals surface area contributed by atoms with E-state index in [0.717, 1.165) is 22.6 Å². The molecule has 3 aromatic heterocycles. The molecular weight excluding hydrogens is 178 g/mol. The third kappa shape index (κ3) is 0.990. The smallest absolute Gasteiger partial charge is 0.156 e. The van der Waals surface area contributed by atoms with Crippen LogP contribution in [0.3, 0.4) is 0 Å². The van der Waals surface area contributed by atoms with Crippen LogP contribution in [0, 0.1) is 0 Å². The quantitative estimate of drug-likeness (QED) is 0.601. The number of aromatic nitrogens is 5. The number of H-pyrrole nitrogens is 2. The zero-order valence-corrected chi connectivity index (χ0v) is 7.23. The van der Waals surface area contributed by atoms with Gasteiger partial charge in [0.15, 0.2) is 5.65 Å². The maximum absolute atomic E-state index is 4.41. The molecule has 68 valence electrons. The van der Waals surface area contributed by atoms with E-state index in [0.29, 0.717) is 0 Å². The topological polar surface area (TPSA) is 70.2 Å². The molecule has 2 N–H and O–H groups in total. The fraction of sp³-hybridized carbons (Fsp3) is 0. The number of rotatable bonds is 1. The van der Waals surface area contributed by atoms with E-state index in [2.05, 4.69) is 25.1 Å². The number of hydrogen-bond acceptors (Lipinski definition) is 3. The van der Waals surface area contributed by atoms with Crippen molar-refractivity contribution >= 4 is 11.2 Å². The van der Waals surface area contributed by atoms with Crippen LogP contribution in [-0.4, -0.2) is 25.1 Å². The number of hydrogen-bond donors (Lipinski definition) is 2. The van der Waals surface area contributed by atoms with Gasteiger partial charge in [-0.1, -0.05) is 0 Å². The van der Waals surface area contributed by atoms with Crippen LogP contribution in [0.15, 0.2) is 30.7 Å². The van der Waals surface area contributed by atoms with Gasteiger partial charge < -0.3 is 4.98 Å². The Morgan fingerprint density at radius 2 is 2.21 bits per heavy atom. The van der Waals surface area contributed by atoms with Crippen LogP contribution in [0.25, 0.3) is 22.6 Å². The lowest BCUT2D eigenvalue weighted by atomic mass is 10.3. The second-order valence-corrected chi connectivity index (χ2v) is 2.94. The molecule has 0 radical (unpaired) electrons. The van der Waals surface area contributed by atoms with Crippen LogP contribution in [0.5, 0.6) is 0 Å². The average molecular weight is 185 g/mol. The highest BCUT2D eigenvalue weighted by atomic mass is 15.1. The van der Waals surface area contributed by atoms with Gasteiger partial charge in [0.05, 0.1) is 11.9 Å². The molecule has 5 nitrogen and oxygen atoms in total. The van der Waals surface area contributed by atoms with E-state index in [1.54, 1.807) is 12.4 Å². The van der Waals surface area contributed by atoms with Gasteiger partial charge in [0.25, 0.3) is 0 Å². The summed E-state index contributed by atoms with van der Waals surface area (Å²) in [5.74, 6) is 0. The second kappa shape index (κ2) is 2.66. The van der Waals surface area contributed by atoms with Crippen molar-refractivity contribution in [1.82, 2.24) is 25.1 Å². The molecule has 0 aliphatic carbocycles. The normalized spacial score (nSPS) is 10.9. The summed E-state index contributed by atoms with van der Waals surface area (Å²) in [6.07, 6.45) is 5.23. The van der Waals surface area contributed by atoms with Gasteiger partial charge in [0, 0.05) is 12.4 Å². The van der Waals surface area contributed by atoms with Gasteiger partial charge in [-0.2, -0.15) is 5.10 Å². The summed E-state index contributed by atoms with van der Waals surface area (Å²) in [6, 6.07) is 3.75. The van der Waals surface area contributed by atoms with Crippen molar-refractivity contribution < 1.29 is 0 Å². The zero-order chi connectivity index (χ0) is 9.38. The summed E-state index contributed by atoms with van der Waals surface area (Å²) in [7, 11) is 0. The molecule has 0 atom stereocenters. The minimum atomic E-state index is 0.799. The van der Waals surface area contributed by atoms with Gasteiger partial charge in [-0.15, -0.1) is 0 Å². The summed E-state index contributed by atoms with van der Waals surface area (Å²) in [6.45, 7) is 0. The molecule has 0 spiro atoms. The van der Waals surface area contributed by atoms with Crippen molar-refractivity contribution in [3.63, 3.8) is 0 Å². The summed E-state index contributed by atoms with van der Waals surface area (Å²) in [4.78, 5) is 11.6. The highest BCUT2D eigenvalue weighted by molar-refractivity contribution is 5.73. The Kier molecular flexibility index (Phi) is 1.38. The van der Waals surface area contributed by atoms with E-state index in [1.807, 2.05) is 18.3 Å². The Balaban J connectivity index is 2.23. The van der Waals surface area contributed by atoms with E-state index in [-0.39, 0.29) is 0 Å². The lowest BCUT2D eigenvalue weighted by Crippen LogP contribution is -1.86. The molecule has 0 saturated heterocycles. The highest BCUT2D eigenvalue weighted by Crippen LogP contribution is 2.15. The average Bonchev–Trinajstić information content (AvgIpc) is 2.88. The minimum Gasteiger partial charge on any atom is -0.345 e. The Hall–Kier alpha value is -2.17. The van der Waals surface area contributed by atoms with Crippen LogP contribution < -0.4 is 0 Å². The predicted molar refractivity (Wildman–Crippen MR) is 51.5 cm³/mol. The molecule has 5 heteroatoms. The van der Waals surface area contributed by atoms with E-state index in [9.17, 15) is 0 Å². The molecule has 0 fully saturated rings. The standard InChI is InChI=1S/C9H7N5/c1-3-10-9-7(1)13-8(5-11-9)6-2-4-12-14-6/h1-5H,(H,10,11)(H,12,14). The van der Waals surface area contributed by atoms with E-state index in [1.165, 1.54) is 0 Å². The molecule has 3 rings (SSSR count). The number of nitrogens with one attached hydrogen (secondary N) is 2. The van der Waals surface area contributed by atoms with Crippen LogP contribution in [0.2, 0.25) is 0 Å². The largest absolute Gasteiger partial charge is 0.345 e. The summed E-state index contributed by atoms with van der Waals surface area (Å²) in [5.41, 5.74) is 3.33. The van der Waals surface area contributed by atoms with Crippen LogP contribution in [-0.2, 0) is 0 Å². The van der Waals surface area contributed by atoms with E-state index < -0.39 is 0 Å². The first-order valence-electron chi connectivity index (χ1n) is 4.23. The van der Waals surface area contributed by atoms with Crippen molar-refractivity contribution in [3.05, 3.63) is 30.7 Å². The summed E-state index contributed by atoms with van der Waals surface area (Å²) >= 11 is 0. The molecule has 14 heavy (non-hydrogen) atoms. The van der Waals surface area contributed by atoms with Gasteiger partial charge in [-0.25, -0.2) is 9.97 Å². The van der Waals surface area contributed by atoms with Crippen molar-refractivity contribution in [3.8, 4) is 11.4 Å². The second-order valence-electron chi connectivity index (χ2n) is 2.94.